The zero-order valence-electron chi connectivity index (χ0n) is 16.3. The first-order chi connectivity index (χ1) is 13.1. The topological polar surface area (TPSA) is 43.8 Å². The Balaban J connectivity index is 1.83. The van der Waals surface area contributed by atoms with Crippen molar-refractivity contribution < 1.29 is 9.90 Å². The predicted octanol–water partition coefficient (Wildman–Crippen LogP) is 3.45. The van der Waals surface area contributed by atoms with Crippen molar-refractivity contribution in [3.05, 3.63) is 71.8 Å². The molecule has 27 heavy (non-hydrogen) atoms. The van der Waals surface area contributed by atoms with Crippen LogP contribution in [0.5, 0.6) is 0 Å². The average molecular weight is 367 g/mol. The lowest BCUT2D eigenvalue weighted by Gasteiger charge is -2.34. The summed E-state index contributed by atoms with van der Waals surface area (Å²) in [5.74, 6) is 0.0175. The summed E-state index contributed by atoms with van der Waals surface area (Å²) in [5.41, 5.74) is 2.21. The van der Waals surface area contributed by atoms with E-state index in [4.69, 9.17) is 0 Å². The van der Waals surface area contributed by atoms with Crippen LogP contribution in [0.3, 0.4) is 0 Å². The van der Waals surface area contributed by atoms with E-state index in [9.17, 15) is 9.90 Å². The van der Waals surface area contributed by atoms with Crippen LogP contribution in [0.25, 0.3) is 0 Å². The maximum absolute atomic E-state index is 13.4. The summed E-state index contributed by atoms with van der Waals surface area (Å²) in [6, 6.07) is 20.2. The van der Waals surface area contributed by atoms with E-state index in [1.54, 1.807) is 0 Å². The summed E-state index contributed by atoms with van der Waals surface area (Å²) in [7, 11) is 1.91. The maximum Gasteiger partial charge on any atom is 0.230 e. The molecule has 144 valence electrons. The molecule has 1 amide bonds. The molecule has 2 aromatic rings. The third-order valence-corrected chi connectivity index (χ3v) is 5.59. The Labute approximate surface area is 162 Å². The number of carbonyl (C=O) groups excluding carboxylic acids is 1. The highest BCUT2D eigenvalue weighted by atomic mass is 16.3. The number of benzene rings is 2. The molecule has 0 spiro atoms. The van der Waals surface area contributed by atoms with Crippen LogP contribution in [0.4, 0.5) is 0 Å². The standard InChI is InChI=1S/C23H30N2O2/c1-3-21(18-10-6-4-7-11-18)23(27)24(2)22(19-12-8-5-9-13-19)17-25-15-14-20(26)16-25/h4-13,20-22,26H,3,14-17H2,1-2H3/t20-,21?,22+/m0/s1. The number of rotatable bonds is 7. The first kappa shape index (κ1) is 19.6. The Hall–Kier alpha value is -2.17. The lowest BCUT2D eigenvalue weighted by atomic mass is 9.93. The van der Waals surface area contributed by atoms with E-state index in [0.717, 1.165) is 37.1 Å². The zero-order valence-corrected chi connectivity index (χ0v) is 16.3. The summed E-state index contributed by atoms with van der Waals surface area (Å²) in [4.78, 5) is 17.5. The molecule has 1 fully saturated rings. The van der Waals surface area contributed by atoms with E-state index < -0.39 is 0 Å². The van der Waals surface area contributed by atoms with Crippen LogP contribution in [0.1, 0.15) is 42.9 Å². The quantitative estimate of drug-likeness (QED) is 0.816. The van der Waals surface area contributed by atoms with Gasteiger partial charge in [-0.05, 0) is 24.0 Å². The van der Waals surface area contributed by atoms with Crippen LogP contribution in [0.2, 0.25) is 0 Å². The number of amides is 1. The number of aliphatic hydroxyl groups is 1. The number of hydrogen-bond donors (Lipinski definition) is 1. The third-order valence-electron chi connectivity index (χ3n) is 5.59. The van der Waals surface area contributed by atoms with Gasteiger partial charge in [-0.15, -0.1) is 0 Å². The predicted molar refractivity (Wildman–Crippen MR) is 108 cm³/mol. The molecule has 1 saturated heterocycles. The van der Waals surface area contributed by atoms with E-state index in [0.29, 0.717) is 6.54 Å². The number of likely N-dealkylation sites (N-methyl/N-ethyl adjacent to an activating group) is 1. The Morgan fingerprint density at radius 3 is 2.22 bits per heavy atom. The Bertz CT molecular complexity index is 720. The van der Waals surface area contributed by atoms with E-state index in [1.807, 2.05) is 60.5 Å². The lowest BCUT2D eigenvalue weighted by molar-refractivity contribution is -0.134. The van der Waals surface area contributed by atoms with Crippen molar-refractivity contribution in [1.82, 2.24) is 9.80 Å². The van der Waals surface area contributed by atoms with E-state index in [-0.39, 0.29) is 24.0 Å². The van der Waals surface area contributed by atoms with Crippen molar-refractivity contribution in [3.63, 3.8) is 0 Å². The largest absolute Gasteiger partial charge is 0.392 e. The van der Waals surface area contributed by atoms with Gasteiger partial charge in [-0.25, -0.2) is 0 Å². The smallest absolute Gasteiger partial charge is 0.230 e. The zero-order chi connectivity index (χ0) is 19.2. The molecule has 0 bridgehead atoms. The van der Waals surface area contributed by atoms with Crippen LogP contribution >= 0.6 is 0 Å². The van der Waals surface area contributed by atoms with Crippen molar-refractivity contribution in [2.45, 2.75) is 37.8 Å². The van der Waals surface area contributed by atoms with Gasteiger partial charge >= 0.3 is 0 Å². The molecule has 1 unspecified atom stereocenters. The van der Waals surface area contributed by atoms with Gasteiger partial charge in [0.1, 0.15) is 0 Å². The average Bonchev–Trinajstić information content (AvgIpc) is 3.12. The molecule has 2 aromatic carbocycles. The second-order valence-electron chi connectivity index (χ2n) is 7.45. The van der Waals surface area contributed by atoms with Gasteiger partial charge in [0.25, 0.3) is 0 Å². The molecule has 0 saturated carbocycles. The molecule has 1 heterocycles. The van der Waals surface area contributed by atoms with Gasteiger partial charge in [0, 0.05) is 26.7 Å². The van der Waals surface area contributed by atoms with Gasteiger partial charge in [0.2, 0.25) is 5.91 Å². The molecule has 0 radical (unpaired) electrons. The minimum absolute atomic E-state index is 0.0261. The Kier molecular flexibility index (Phi) is 6.64. The molecule has 3 atom stereocenters. The molecule has 1 N–H and O–H groups in total. The number of β-amino-alcohol motifs (C(OH)–C–C–N with tert-alkyl or cyclic N) is 1. The number of carbonyl (C=O) groups is 1. The second kappa shape index (κ2) is 9.16. The van der Waals surface area contributed by atoms with Crippen LogP contribution in [0, 0.1) is 0 Å². The summed E-state index contributed by atoms with van der Waals surface area (Å²) >= 11 is 0. The molecular formula is C23H30N2O2. The van der Waals surface area contributed by atoms with Crippen LogP contribution < -0.4 is 0 Å². The number of likely N-dealkylation sites (tertiary alicyclic amines) is 1. The van der Waals surface area contributed by atoms with Gasteiger partial charge in [-0.1, -0.05) is 67.6 Å². The highest BCUT2D eigenvalue weighted by Gasteiger charge is 2.31. The summed E-state index contributed by atoms with van der Waals surface area (Å²) in [5, 5.41) is 9.88. The fraction of sp³-hybridized carbons (Fsp3) is 0.435. The fourth-order valence-electron chi connectivity index (χ4n) is 3.99. The first-order valence-electron chi connectivity index (χ1n) is 9.87. The fourth-order valence-corrected chi connectivity index (χ4v) is 3.99. The minimum atomic E-state index is -0.254. The van der Waals surface area contributed by atoms with Gasteiger partial charge in [-0.2, -0.15) is 0 Å². The Morgan fingerprint density at radius 1 is 1.11 bits per heavy atom. The molecule has 1 aliphatic heterocycles. The van der Waals surface area contributed by atoms with Crippen molar-refractivity contribution >= 4 is 5.91 Å². The Morgan fingerprint density at radius 2 is 1.70 bits per heavy atom. The van der Waals surface area contributed by atoms with Crippen LogP contribution in [0.15, 0.2) is 60.7 Å². The number of nitrogens with zero attached hydrogens (tertiary/aromatic N) is 2. The van der Waals surface area contributed by atoms with Crippen molar-refractivity contribution in [1.29, 1.82) is 0 Å². The molecule has 0 aromatic heterocycles. The minimum Gasteiger partial charge on any atom is -0.392 e. The van der Waals surface area contributed by atoms with E-state index >= 15 is 0 Å². The highest BCUT2D eigenvalue weighted by molar-refractivity contribution is 5.84. The van der Waals surface area contributed by atoms with Crippen LogP contribution in [-0.2, 0) is 4.79 Å². The van der Waals surface area contributed by atoms with Crippen molar-refractivity contribution in [3.8, 4) is 0 Å². The summed E-state index contributed by atoms with van der Waals surface area (Å²) in [6.45, 7) is 4.37. The van der Waals surface area contributed by atoms with E-state index in [1.165, 1.54) is 0 Å². The third kappa shape index (κ3) is 4.76. The van der Waals surface area contributed by atoms with Crippen LogP contribution in [-0.4, -0.2) is 53.6 Å². The van der Waals surface area contributed by atoms with E-state index in [2.05, 4.69) is 24.0 Å². The molecule has 0 aliphatic carbocycles. The second-order valence-corrected chi connectivity index (χ2v) is 7.45. The molecule has 4 nitrogen and oxygen atoms in total. The van der Waals surface area contributed by atoms with Gasteiger partial charge in [0.05, 0.1) is 18.1 Å². The number of hydrogen-bond acceptors (Lipinski definition) is 3. The summed E-state index contributed by atoms with van der Waals surface area (Å²) < 4.78 is 0. The highest BCUT2D eigenvalue weighted by Crippen LogP contribution is 2.28. The summed E-state index contributed by atoms with van der Waals surface area (Å²) in [6.07, 6.45) is 1.33. The van der Waals surface area contributed by atoms with Gasteiger partial charge in [0.15, 0.2) is 0 Å². The van der Waals surface area contributed by atoms with Gasteiger partial charge in [-0.3, -0.25) is 9.69 Å². The number of aliphatic hydroxyl groups excluding tert-OH is 1. The normalized spacial score (nSPS) is 19.6. The monoisotopic (exact) mass is 366 g/mol. The maximum atomic E-state index is 13.4. The SMILES string of the molecule is CCC(C(=O)N(C)[C@H](CN1CC[C@H](O)C1)c1ccccc1)c1ccccc1. The molecule has 4 heteroatoms. The molecule has 3 rings (SSSR count). The molecular weight excluding hydrogens is 336 g/mol. The van der Waals surface area contributed by atoms with Crippen molar-refractivity contribution in [2.24, 2.45) is 0 Å². The molecule has 1 aliphatic rings. The van der Waals surface area contributed by atoms with Gasteiger partial charge < -0.3 is 10.0 Å². The van der Waals surface area contributed by atoms with Crippen molar-refractivity contribution in [2.75, 3.05) is 26.7 Å². The first-order valence-corrected chi connectivity index (χ1v) is 9.87. The lowest BCUT2D eigenvalue weighted by Crippen LogP contribution is -2.41.